The first-order valence-corrected chi connectivity index (χ1v) is 8.14. The van der Waals surface area contributed by atoms with Crippen molar-refractivity contribution in [1.29, 1.82) is 0 Å². The number of anilines is 1. The second-order valence-electron chi connectivity index (χ2n) is 6.38. The van der Waals surface area contributed by atoms with Gasteiger partial charge < -0.3 is 5.32 Å². The summed E-state index contributed by atoms with van der Waals surface area (Å²) >= 11 is 0. The molecule has 1 aliphatic heterocycles. The van der Waals surface area contributed by atoms with Crippen LogP contribution in [0.4, 0.5) is 5.82 Å². The molecule has 0 bridgehead atoms. The molecule has 1 amide bonds. The van der Waals surface area contributed by atoms with Crippen LogP contribution in [-0.2, 0) is 11.8 Å². The van der Waals surface area contributed by atoms with Crippen molar-refractivity contribution >= 4 is 11.7 Å². The van der Waals surface area contributed by atoms with Crippen LogP contribution in [0.15, 0.2) is 30.3 Å². The maximum atomic E-state index is 12.4. The zero-order chi connectivity index (χ0) is 16.4. The fraction of sp³-hybridized carbons (Fsp3) is 0.444. The molecule has 1 atom stereocenters. The lowest BCUT2D eigenvalue weighted by atomic mass is 10.0. The Balaban J connectivity index is 1.65. The normalized spacial score (nSPS) is 18.3. The minimum atomic E-state index is 0.0204. The van der Waals surface area contributed by atoms with E-state index in [1.807, 2.05) is 20.0 Å². The molecule has 23 heavy (non-hydrogen) atoms. The van der Waals surface area contributed by atoms with Gasteiger partial charge in [0.2, 0.25) is 5.91 Å². The van der Waals surface area contributed by atoms with Gasteiger partial charge >= 0.3 is 0 Å². The van der Waals surface area contributed by atoms with Crippen LogP contribution < -0.4 is 5.32 Å². The Morgan fingerprint density at radius 2 is 2.04 bits per heavy atom. The van der Waals surface area contributed by atoms with Gasteiger partial charge in [0.05, 0.1) is 12.2 Å². The number of aryl methyl sites for hydroxylation is 3. The van der Waals surface area contributed by atoms with Gasteiger partial charge in [0, 0.05) is 19.2 Å². The molecule has 1 N–H and O–H groups in total. The van der Waals surface area contributed by atoms with Gasteiger partial charge in [0.15, 0.2) is 0 Å². The molecule has 1 saturated heterocycles. The second-order valence-corrected chi connectivity index (χ2v) is 6.38. The Hall–Kier alpha value is -2.14. The zero-order valence-corrected chi connectivity index (χ0v) is 14.0. The average Bonchev–Trinajstić information content (AvgIpc) is 3.07. The topological polar surface area (TPSA) is 50.2 Å². The summed E-state index contributed by atoms with van der Waals surface area (Å²) in [7, 11) is 1.84. The summed E-state index contributed by atoms with van der Waals surface area (Å²) in [6.07, 6.45) is 2.25. The second kappa shape index (κ2) is 6.54. The highest BCUT2D eigenvalue weighted by molar-refractivity contribution is 5.91. The predicted octanol–water partition coefficient (Wildman–Crippen LogP) is 2.81. The molecule has 0 radical (unpaired) electrons. The molecule has 0 saturated carbocycles. The van der Waals surface area contributed by atoms with Gasteiger partial charge in [-0.25, -0.2) is 0 Å². The van der Waals surface area contributed by atoms with E-state index < -0.39 is 0 Å². The molecular weight excluding hydrogens is 288 g/mol. The third-order valence-electron chi connectivity index (χ3n) is 4.44. The fourth-order valence-corrected chi connectivity index (χ4v) is 3.28. The van der Waals surface area contributed by atoms with Gasteiger partial charge in [-0.05, 0) is 38.8 Å². The molecule has 3 rings (SSSR count). The van der Waals surface area contributed by atoms with Crippen LogP contribution in [0.5, 0.6) is 0 Å². The lowest BCUT2D eigenvalue weighted by Gasteiger charge is -2.24. The summed E-state index contributed by atoms with van der Waals surface area (Å²) in [5, 5.41) is 7.21. The van der Waals surface area contributed by atoms with Crippen LogP contribution in [-0.4, -0.2) is 33.7 Å². The largest absolute Gasteiger partial charge is 0.310 e. The summed E-state index contributed by atoms with van der Waals surface area (Å²) in [4.78, 5) is 14.6. The van der Waals surface area contributed by atoms with Gasteiger partial charge in [0.1, 0.15) is 5.82 Å². The standard InChI is InChI=1S/C18H24N4O/c1-13-6-8-15(9-7-13)16-5-4-10-22(16)12-18(23)19-17-11-14(2)20-21(17)3/h6-9,11,16H,4-5,10,12H2,1-3H3,(H,19,23). The highest BCUT2D eigenvalue weighted by Crippen LogP contribution is 2.31. The molecule has 0 aliphatic carbocycles. The van der Waals surface area contributed by atoms with Gasteiger partial charge in [-0.1, -0.05) is 29.8 Å². The van der Waals surface area contributed by atoms with E-state index in [9.17, 15) is 4.79 Å². The number of carbonyl (C=O) groups excluding carboxylic acids is 1. The third kappa shape index (κ3) is 3.62. The quantitative estimate of drug-likeness (QED) is 0.944. The molecule has 1 unspecified atom stereocenters. The number of hydrogen-bond acceptors (Lipinski definition) is 3. The molecular formula is C18H24N4O. The molecule has 5 nitrogen and oxygen atoms in total. The summed E-state index contributed by atoms with van der Waals surface area (Å²) < 4.78 is 1.70. The number of amides is 1. The summed E-state index contributed by atoms with van der Waals surface area (Å²) in [6.45, 7) is 5.40. The fourth-order valence-electron chi connectivity index (χ4n) is 3.28. The van der Waals surface area contributed by atoms with E-state index in [1.54, 1.807) is 4.68 Å². The van der Waals surface area contributed by atoms with Gasteiger partial charge in [-0.2, -0.15) is 5.10 Å². The van der Waals surface area contributed by atoms with Crippen molar-refractivity contribution in [2.45, 2.75) is 32.7 Å². The SMILES string of the molecule is Cc1ccc(C2CCCN2CC(=O)Nc2cc(C)nn2C)cc1. The van der Waals surface area contributed by atoms with Gasteiger partial charge in [0.25, 0.3) is 0 Å². The summed E-state index contributed by atoms with van der Waals surface area (Å²) in [5.74, 6) is 0.769. The van der Waals surface area contributed by atoms with E-state index in [2.05, 4.69) is 46.5 Å². The first-order valence-electron chi connectivity index (χ1n) is 8.14. The lowest BCUT2D eigenvalue weighted by molar-refractivity contribution is -0.117. The minimum Gasteiger partial charge on any atom is -0.310 e. The van der Waals surface area contributed by atoms with Crippen LogP contribution in [0, 0.1) is 13.8 Å². The monoisotopic (exact) mass is 312 g/mol. The number of benzene rings is 1. The molecule has 5 heteroatoms. The molecule has 1 aromatic carbocycles. The third-order valence-corrected chi connectivity index (χ3v) is 4.44. The summed E-state index contributed by atoms with van der Waals surface area (Å²) in [5.41, 5.74) is 3.47. The Labute approximate surface area is 137 Å². The van der Waals surface area contributed by atoms with E-state index in [0.717, 1.165) is 30.9 Å². The highest BCUT2D eigenvalue weighted by Gasteiger charge is 2.27. The van der Waals surface area contributed by atoms with Crippen LogP contribution in [0.25, 0.3) is 0 Å². The molecule has 2 aromatic rings. The maximum Gasteiger partial charge on any atom is 0.239 e. The number of aromatic nitrogens is 2. The Bertz CT molecular complexity index is 690. The van der Waals surface area contributed by atoms with E-state index in [0.29, 0.717) is 12.6 Å². The molecule has 122 valence electrons. The first-order chi connectivity index (χ1) is 11.0. The van der Waals surface area contributed by atoms with Crippen molar-refractivity contribution in [1.82, 2.24) is 14.7 Å². The van der Waals surface area contributed by atoms with Crippen molar-refractivity contribution in [2.24, 2.45) is 7.05 Å². The van der Waals surface area contributed by atoms with Gasteiger partial charge in [-0.15, -0.1) is 0 Å². The van der Waals surface area contributed by atoms with Crippen molar-refractivity contribution in [3.63, 3.8) is 0 Å². The van der Waals surface area contributed by atoms with E-state index in [4.69, 9.17) is 0 Å². The van der Waals surface area contributed by atoms with E-state index in [-0.39, 0.29) is 5.91 Å². The van der Waals surface area contributed by atoms with Gasteiger partial charge in [-0.3, -0.25) is 14.4 Å². The number of carbonyl (C=O) groups is 1. The number of rotatable bonds is 4. The molecule has 2 heterocycles. The van der Waals surface area contributed by atoms with Crippen molar-refractivity contribution < 1.29 is 4.79 Å². The predicted molar refractivity (Wildman–Crippen MR) is 91.3 cm³/mol. The number of nitrogens with one attached hydrogen (secondary N) is 1. The van der Waals surface area contributed by atoms with Crippen LogP contribution >= 0.6 is 0 Å². The molecule has 1 aromatic heterocycles. The van der Waals surface area contributed by atoms with Crippen molar-refractivity contribution in [3.05, 3.63) is 47.2 Å². The smallest absolute Gasteiger partial charge is 0.239 e. The zero-order valence-electron chi connectivity index (χ0n) is 14.0. The number of hydrogen-bond donors (Lipinski definition) is 1. The van der Waals surface area contributed by atoms with Crippen molar-refractivity contribution in [2.75, 3.05) is 18.4 Å². The van der Waals surface area contributed by atoms with Crippen LogP contribution in [0.2, 0.25) is 0 Å². The van der Waals surface area contributed by atoms with E-state index >= 15 is 0 Å². The first kappa shape index (κ1) is 15.7. The molecule has 0 spiro atoms. The average molecular weight is 312 g/mol. The van der Waals surface area contributed by atoms with Crippen LogP contribution in [0.1, 0.15) is 35.7 Å². The Morgan fingerprint density at radius 3 is 2.70 bits per heavy atom. The van der Waals surface area contributed by atoms with Crippen molar-refractivity contribution in [3.8, 4) is 0 Å². The Morgan fingerprint density at radius 1 is 1.30 bits per heavy atom. The highest BCUT2D eigenvalue weighted by atomic mass is 16.2. The number of likely N-dealkylation sites (tertiary alicyclic amines) is 1. The number of nitrogens with zero attached hydrogens (tertiary/aromatic N) is 3. The lowest BCUT2D eigenvalue weighted by Crippen LogP contribution is -2.33. The summed E-state index contributed by atoms with van der Waals surface area (Å²) in [6, 6.07) is 10.9. The Kier molecular flexibility index (Phi) is 4.48. The molecule has 1 fully saturated rings. The van der Waals surface area contributed by atoms with Crippen LogP contribution in [0.3, 0.4) is 0 Å². The maximum absolute atomic E-state index is 12.4. The molecule has 1 aliphatic rings. The van der Waals surface area contributed by atoms with E-state index in [1.165, 1.54) is 11.1 Å². The minimum absolute atomic E-state index is 0.0204.